The molecular weight excluding hydrogens is 278 g/mol. The van der Waals surface area contributed by atoms with Crippen LogP contribution in [0.25, 0.3) is 0 Å². The van der Waals surface area contributed by atoms with E-state index in [1.165, 1.54) is 11.8 Å². The van der Waals surface area contributed by atoms with Gasteiger partial charge in [-0.05, 0) is 46.0 Å². The van der Waals surface area contributed by atoms with Crippen LogP contribution in [0.1, 0.15) is 54.4 Å². The van der Waals surface area contributed by atoms with Gasteiger partial charge in [0.15, 0.2) is 0 Å². The van der Waals surface area contributed by atoms with Gasteiger partial charge in [0.25, 0.3) is 6.43 Å². The first kappa shape index (κ1) is 18.1. The highest BCUT2D eigenvalue weighted by atomic mass is 19.3. The topological polar surface area (TPSA) is 55.6 Å². The molecule has 0 aromatic heterocycles. The van der Waals surface area contributed by atoms with E-state index in [4.69, 9.17) is 10.5 Å². The van der Waals surface area contributed by atoms with E-state index in [9.17, 15) is 13.6 Å². The van der Waals surface area contributed by atoms with Crippen LogP contribution < -0.4 is 5.73 Å². The summed E-state index contributed by atoms with van der Waals surface area (Å²) in [7, 11) is 0. The number of carbonyl (C=O) groups is 1. The summed E-state index contributed by atoms with van der Waals surface area (Å²) in [5, 5.41) is 0. The van der Waals surface area contributed by atoms with Crippen molar-refractivity contribution in [2.45, 2.75) is 78.0 Å². The summed E-state index contributed by atoms with van der Waals surface area (Å²) >= 11 is 0. The monoisotopic (exact) mass is 306 g/mol. The number of rotatable bonds is 2. The minimum atomic E-state index is -2.70. The maximum atomic E-state index is 13.3. The highest BCUT2D eigenvalue weighted by Gasteiger charge is 2.48. The minimum absolute atomic E-state index is 0.133. The normalized spacial score (nSPS) is 25.6. The molecule has 6 heteroatoms. The third-order valence-corrected chi connectivity index (χ3v) is 3.89. The predicted molar refractivity (Wildman–Crippen MR) is 78.3 cm³/mol. The number of piperidine rings is 1. The first-order valence-corrected chi connectivity index (χ1v) is 7.33. The van der Waals surface area contributed by atoms with Crippen molar-refractivity contribution >= 4 is 6.09 Å². The van der Waals surface area contributed by atoms with E-state index in [1.807, 2.05) is 13.8 Å². The Bertz CT molecular complexity index is 390. The Labute approximate surface area is 126 Å². The van der Waals surface area contributed by atoms with Gasteiger partial charge in [0.1, 0.15) is 5.60 Å². The van der Waals surface area contributed by atoms with Crippen molar-refractivity contribution in [3.63, 3.8) is 0 Å². The Kier molecular flexibility index (Phi) is 4.93. The number of carbonyl (C=O) groups excluding carboxylic acids is 1. The molecule has 1 amide bonds. The lowest BCUT2D eigenvalue weighted by atomic mass is 9.76. The first-order chi connectivity index (χ1) is 9.26. The van der Waals surface area contributed by atoms with Crippen LogP contribution in [0.2, 0.25) is 0 Å². The number of nitrogens with two attached hydrogens (primary N) is 1. The summed E-state index contributed by atoms with van der Waals surface area (Å²) in [4.78, 5) is 13.8. The van der Waals surface area contributed by atoms with Gasteiger partial charge in [-0.3, -0.25) is 0 Å². The van der Waals surface area contributed by atoms with Gasteiger partial charge in [0, 0.05) is 6.54 Å². The fourth-order valence-corrected chi connectivity index (χ4v) is 2.64. The van der Waals surface area contributed by atoms with E-state index in [2.05, 4.69) is 0 Å². The lowest BCUT2D eigenvalue weighted by Gasteiger charge is -2.49. The van der Waals surface area contributed by atoms with E-state index < -0.39 is 29.7 Å². The summed E-state index contributed by atoms with van der Waals surface area (Å²) in [6.07, 6.45) is -2.08. The molecule has 2 N–H and O–H groups in total. The van der Waals surface area contributed by atoms with Crippen LogP contribution in [0.15, 0.2) is 0 Å². The molecule has 21 heavy (non-hydrogen) atoms. The first-order valence-electron chi connectivity index (χ1n) is 7.33. The predicted octanol–water partition coefficient (Wildman–Crippen LogP) is 3.39. The smallest absolute Gasteiger partial charge is 0.410 e. The summed E-state index contributed by atoms with van der Waals surface area (Å²) in [6.45, 7) is 11.0. The molecule has 1 rings (SSSR count). The molecule has 1 aliphatic heterocycles. The van der Waals surface area contributed by atoms with Gasteiger partial charge in [-0.15, -0.1) is 0 Å². The molecule has 0 aromatic carbocycles. The molecule has 0 bridgehead atoms. The number of amides is 1. The van der Waals surface area contributed by atoms with E-state index >= 15 is 0 Å². The van der Waals surface area contributed by atoms with Crippen molar-refractivity contribution in [1.82, 2.24) is 4.90 Å². The van der Waals surface area contributed by atoms with Crippen molar-refractivity contribution in [3.05, 3.63) is 0 Å². The van der Waals surface area contributed by atoms with E-state index in [0.717, 1.165) is 6.42 Å². The van der Waals surface area contributed by atoms with Crippen molar-refractivity contribution in [2.75, 3.05) is 6.54 Å². The summed E-state index contributed by atoms with van der Waals surface area (Å²) in [5.41, 5.74) is 3.27. The lowest BCUT2D eigenvalue weighted by Crippen LogP contribution is -2.65. The van der Waals surface area contributed by atoms with Gasteiger partial charge < -0.3 is 15.4 Å². The van der Waals surface area contributed by atoms with Crippen LogP contribution in [0.3, 0.4) is 0 Å². The Morgan fingerprint density at radius 3 is 2.29 bits per heavy atom. The quantitative estimate of drug-likeness (QED) is 0.850. The number of ether oxygens (including phenoxy) is 1. The number of likely N-dealkylation sites (tertiary alicyclic amines) is 1. The van der Waals surface area contributed by atoms with Crippen LogP contribution in [-0.2, 0) is 4.74 Å². The molecule has 1 saturated heterocycles. The summed E-state index contributed by atoms with van der Waals surface area (Å²) in [5.74, 6) is 0. The Morgan fingerprint density at radius 2 is 1.86 bits per heavy atom. The van der Waals surface area contributed by atoms with Gasteiger partial charge in [0.05, 0.1) is 11.6 Å². The van der Waals surface area contributed by atoms with Crippen molar-refractivity contribution in [3.8, 4) is 0 Å². The fraction of sp³-hybridized carbons (Fsp3) is 0.933. The van der Waals surface area contributed by atoms with Crippen molar-refractivity contribution in [2.24, 2.45) is 11.1 Å². The number of halogens is 2. The van der Waals surface area contributed by atoms with Crippen LogP contribution in [0.5, 0.6) is 0 Å². The van der Waals surface area contributed by atoms with Crippen LogP contribution in [0, 0.1) is 5.41 Å². The SMILES string of the molecule is CC1(C)CCC(C(C)(N)C(F)F)N(C(=O)OC(C)(C)C)C1. The molecule has 1 heterocycles. The molecule has 0 aliphatic carbocycles. The Balaban J connectivity index is 3.03. The standard InChI is InChI=1S/C15H28F2N2O2/c1-13(2,3)21-12(20)19-9-14(4,5)8-7-10(19)15(6,18)11(16)17/h10-11H,7-9,18H2,1-6H3. The molecule has 1 fully saturated rings. The second kappa shape index (κ2) is 5.71. The molecule has 0 saturated carbocycles. The van der Waals surface area contributed by atoms with Gasteiger partial charge >= 0.3 is 6.09 Å². The summed E-state index contributed by atoms with van der Waals surface area (Å²) < 4.78 is 31.9. The molecule has 0 aromatic rings. The van der Waals surface area contributed by atoms with Gasteiger partial charge in [-0.1, -0.05) is 13.8 Å². The third-order valence-electron chi connectivity index (χ3n) is 3.89. The molecule has 124 valence electrons. The van der Waals surface area contributed by atoms with E-state index in [-0.39, 0.29) is 5.41 Å². The number of alkyl halides is 2. The summed E-state index contributed by atoms with van der Waals surface area (Å²) in [6, 6.07) is -0.722. The minimum Gasteiger partial charge on any atom is -0.444 e. The third kappa shape index (κ3) is 4.53. The molecule has 4 nitrogen and oxygen atoms in total. The Hall–Kier alpha value is -0.910. The molecule has 1 aliphatic rings. The molecule has 2 atom stereocenters. The maximum Gasteiger partial charge on any atom is 0.410 e. The van der Waals surface area contributed by atoms with Gasteiger partial charge in [-0.25, -0.2) is 13.6 Å². The highest BCUT2D eigenvalue weighted by molar-refractivity contribution is 5.69. The second-order valence-corrected chi connectivity index (χ2v) is 7.99. The zero-order valence-corrected chi connectivity index (χ0v) is 13.9. The van der Waals surface area contributed by atoms with Crippen LogP contribution >= 0.6 is 0 Å². The van der Waals surface area contributed by atoms with E-state index in [0.29, 0.717) is 13.0 Å². The number of hydrogen-bond donors (Lipinski definition) is 1. The zero-order valence-electron chi connectivity index (χ0n) is 13.9. The highest BCUT2D eigenvalue weighted by Crippen LogP contribution is 2.37. The Morgan fingerprint density at radius 1 is 1.33 bits per heavy atom. The van der Waals surface area contributed by atoms with Gasteiger partial charge in [0.2, 0.25) is 0 Å². The van der Waals surface area contributed by atoms with Crippen LogP contribution in [0.4, 0.5) is 13.6 Å². The average molecular weight is 306 g/mol. The van der Waals surface area contributed by atoms with Gasteiger partial charge in [-0.2, -0.15) is 0 Å². The average Bonchev–Trinajstić information content (AvgIpc) is 2.24. The maximum absolute atomic E-state index is 13.3. The lowest BCUT2D eigenvalue weighted by molar-refractivity contribution is -0.0504. The molecular formula is C15H28F2N2O2. The van der Waals surface area contributed by atoms with Crippen molar-refractivity contribution in [1.29, 1.82) is 0 Å². The number of nitrogens with zero attached hydrogens (tertiary/aromatic N) is 1. The second-order valence-electron chi connectivity index (χ2n) is 7.99. The van der Waals surface area contributed by atoms with E-state index in [1.54, 1.807) is 20.8 Å². The molecule has 0 radical (unpaired) electrons. The number of hydrogen-bond acceptors (Lipinski definition) is 3. The van der Waals surface area contributed by atoms with Crippen LogP contribution in [-0.4, -0.2) is 41.1 Å². The molecule has 0 spiro atoms. The van der Waals surface area contributed by atoms with Crippen molar-refractivity contribution < 1.29 is 18.3 Å². The largest absolute Gasteiger partial charge is 0.444 e. The zero-order chi connectivity index (χ0) is 16.6. The molecule has 2 unspecified atom stereocenters. The fourth-order valence-electron chi connectivity index (χ4n) is 2.64.